The molecule has 1 atom stereocenters. The second-order valence-electron chi connectivity index (χ2n) is 9.51. The fourth-order valence-corrected chi connectivity index (χ4v) is 5.95. The molecule has 194 valence electrons. The summed E-state index contributed by atoms with van der Waals surface area (Å²) in [5.41, 5.74) is 3.89. The number of rotatable bonds is 5. The van der Waals surface area contributed by atoms with E-state index in [1.807, 2.05) is 19.1 Å². The van der Waals surface area contributed by atoms with E-state index in [2.05, 4.69) is 25.5 Å². The van der Waals surface area contributed by atoms with Gasteiger partial charge in [0.1, 0.15) is 11.6 Å². The van der Waals surface area contributed by atoms with Crippen LogP contribution in [0.25, 0.3) is 11.0 Å². The normalized spacial score (nSPS) is 19.2. The van der Waals surface area contributed by atoms with Crippen molar-refractivity contribution in [2.75, 3.05) is 18.0 Å². The number of aromatic amines is 1. The van der Waals surface area contributed by atoms with E-state index in [9.17, 15) is 27.4 Å². The number of carbonyl (C=O) groups is 3. The van der Waals surface area contributed by atoms with Gasteiger partial charge in [-0.15, -0.1) is 0 Å². The Balaban J connectivity index is 1.34. The largest absolute Gasteiger partial charge is 0.370 e. The summed E-state index contributed by atoms with van der Waals surface area (Å²) in [6, 6.07) is 7.67. The Labute approximate surface area is 213 Å². The number of carbonyl (C=O) groups excluding carboxylic acids is 3. The lowest BCUT2D eigenvalue weighted by Gasteiger charge is -2.34. The van der Waals surface area contributed by atoms with E-state index < -0.39 is 28.0 Å². The zero-order valence-corrected chi connectivity index (χ0v) is 21.0. The van der Waals surface area contributed by atoms with Crippen LogP contribution in [-0.4, -0.2) is 59.8 Å². The van der Waals surface area contributed by atoms with Crippen molar-refractivity contribution in [2.45, 2.75) is 49.5 Å². The van der Waals surface area contributed by atoms with Crippen LogP contribution in [0, 0.1) is 6.92 Å². The van der Waals surface area contributed by atoms with E-state index in [-0.39, 0.29) is 29.6 Å². The molecule has 5 rings (SSSR count). The predicted molar refractivity (Wildman–Crippen MR) is 135 cm³/mol. The summed E-state index contributed by atoms with van der Waals surface area (Å²) >= 11 is 0. The van der Waals surface area contributed by atoms with Crippen molar-refractivity contribution in [2.24, 2.45) is 0 Å². The maximum Gasteiger partial charge on any atom is 0.294 e. The summed E-state index contributed by atoms with van der Waals surface area (Å²) in [7, 11) is -4.32. The first kappa shape index (κ1) is 24.9. The second kappa shape index (κ2) is 9.60. The van der Waals surface area contributed by atoms with Gasteiger partial charge in [-0.3, -0.25) is 24.3 Å². The third-order valence-corrected chi connectivity index (χ3v) is 7.99. The van der Waals surface area contributed by atoms with E-state index in [4.69, 9.17) is 0 Å². The molecule has 0 bridgehead atoms. The highest BCUT2D eigenvalue weighted by atomic mass is 32.2. The van der Waals surface area contributed by atoms with Crippen molar-refractivity contribution in [3.8, 4) is 0 Å². The Morgan fingerprint density at radius 3 is 2.59 bits per heavy atom. The quantitative estimate of drug-likeness (QED) is 0.291. The molecule has 12 heteroatoms. The molecular weight excluding hydrogens is 498 g/mol. The second-order valence-corrected chi connectivity index (χ2v) is 10.9. The average Bonchev–Trinajstić information content (AvgIpc) is 3.34. The molecule has 3 amide bonds. The first-order valence-electron chi connectivity index (χ1n) is 12.1. The maximum atomic E-state index is 13.0. The number of aromatic nitrogens is 2. The van der Waals surface area contributed by atoms with Crippen LogP contribution in [0.4, 0.5) is 5.69 Å². The van der Waals surface area contributed by atoms with Crippen molar-refractivity contribution in [1.82, 2.24) is 20.6 Å². The van der Waals surface area contributed by atoms with Gasteiger partial charge in [0.2, 0.25) is 11.8 Å². The summed E-state index contributed by atoms with van der Waals surface area (Å²) in [4.78, 5) is 46.0. The molecular formula is C25H27N5O6S. The van der Waals surface area contributed by atoms with Gasteiger partial charge in [0, 0.05) is 19.5 Å². The number of amides is 3. The monoisotopic (exact) mass is 525 g/mol. The highest BCUT2D eigenvalue weighted by Crippen LogP contribution is 2.36. The number of hydrogen-bond acceptors (Lipinski definition) is 7. The Hall–Kier alpha value is -3.77. The van der Waals surface area contributed by atoms with Gasteiger partial charge in [-0.25, -0.2) is 4.98 Å². The molecule has 0 spiro atoms. The Kier molecular flexibility index (Phi) is 6.46. The van der Waals surface area contributed by atoms with Gasteiger partial charge >= 0.3 is 0 Å². The van der Waals surface area contributed by atoms with Crippen LogP contribution in [0.5, 0.6) is 0 Å². The predicted octanol–water partition coefficient (Wildman–Crippen LogP) is 2.04. The van der Waals surface area contributed by atoms with Gasteiger partial charge in [0.25, 0.3) is 16.0 Å². The molecule has 1 aromatic heterocycles. The van der Waals surface area contributed by atoms with Crippen LogP contribution in [0.3, 0.4) is 0 Å². The molecule has 0 saturated carbocycles. The minimum atomic E-state index is -4.32. The van der Waals surface area contributed by atoms with Gasteiger partial charge in [-0.2, -0.15) is 8.42 Å². The van der Waals surface area contributed by atoms with Crippen LogP contribution >= 0.6 is 0 Å². The highest BCUT2D eigenvalue weighted by molar-refractivity contribution is 7.85. The zero-order valence-electron chi connectivity index (χ0n) is 20.2. The van der Waals surface area contributed by atoms with Crippen molar-refractivity contribution in [1.29, 1.82) is 0 Å². The number of imide groups is 1. The topological polar surface area (TPSA) is 162 Å². The molecule has 0 aliphatic carbocycles. The van der Waals surface area contributed by atoms with Crippen molar-refractivity contribution >= 4 is 44.6 Å². The number of imidazole rings is 1. The summed E-state index contributed by atoms with van der Waals surface area (Å²) in [6.07, 6.45) is 3.27. The lowest BCUT2D eigenvalue weighted by atomic mass is 9.88. The fourth-order valence-electron chi connectivity index (χ4n) is 5.18. The zero-order chi connectivity index (χ0) is 26.3. The molecule has 37 heavy (non-hydrogen) atoms. The van der Waals surface area contributed by atoms with E-state index in [0.717, 1.165) is 11.3 Å². The van der Waals surface area contributed by atoms with Gasteiger partial charge in [-0.05, 0) is 55.9 Å². The number of aryl methyl sites for hydroxylation is 1. The van der Waals surface area contributed by atoms with E-state index >= 15 is 0 Å². The van der Waals surface area contributed by atoms with Gasteiger partial charge in [0.05, 0.1) is 28.0 Å². The first-order chi connectivity index (χ1) is 17.6. The minimum Gasteiger partial charge on any atom is -0.370 e. The lowest BCUT2D eigenvalue weighted by Crippen LogP contribution is -2.52. The fraction of sp³-hybridized carbons (Fsp3) is 0.360. The van der Waals surface area contributed by atoms with Crippen LogP contribution in [0.2, 0.25) is 0 Å². The first-order valence-corrected chi connectivity index (χ1v) is 13.5. The summed E-state index contributed by atoms with van der Waals surface area (Å²) in [5, 5.41) is 4.93. The SMILES string of the molecule is Cc1ccc(S(=O)(=O)O)c(C2CCN(c3ccc(C(=O)NC4CCC(=O)NC4=O)c4[nH]cnc34)CC2)c1. The van der Waals surface area contributed by atoms with Gasteiger partial charge in [0.15, 0.2) is 0 Å². The molecule has 2 fully saturated rings. The average molecular weight is 526 g/mol. The van der Waals surface area contributed by atoms with E-state index in [1.165, 1.54) is 12.4 Å². The summed E-state index contributed by atoms with van der Waals surface area (Å²) in [6.45, 7) is 3.15. The molecule has 1 unspecified atom stereocenters. The lowest BCUT2D eigenvalue weighted by molar-refractivity contribution is -0.134. The van der Waals surface area contributed by atoms with Gasteiger partial charge < -0.3 is 15.2 Å². The number of benzene rings is 2. The number of fused-ring (bicyclic) bond motifs is 1. The molecule has 0 radical (unpaired) electrons. The molecule has 3 heterocycles. The number of anilines is 1. The summed E-state index contributed by atoms with van der Waals surface area (Å²) in [5.74, 6) is -1.33. The molecule has 11 nitrogen and oxygen atoms in total. The Bertz CT molecular complexity index is 1510. The van der Waals surface area contributed by atoms with Crippen LogP contribution in [0.1, 0.15) is 53.1 Å². The molecule has 2 aliphatic heterocycles. The minimum absolute atomic E-state index is 0.0266. The molecule has 4 N–H and O–H groups in total. The van der Waals surface area contributed by atoms with Crippen molar-refractivity contribution in [3.63, 3.8) is 0 Å². The molecule has 3 aromatic rings. The Morgan fingerprint density at radius 1 is 1.14 bits per heavy atom. The standard InChI is InChI=1S/C25H27N5O6S/c1-14-2-6-20(37(34,35)36)17(12-14)15-8-10-30(11-9-15)19-5-3-16(22-23(19)27-13-26-22)24(32)28-18-4-7-21(31)29-25(18)33/h2-3,5-6,12-13,15,18H,4,7-11H2,1H3,(H,26,27)(H,28,32)(H,29,31,33)(H,34,35,36). The maximum absolute atomic E-state index is 13.0. The number of piperidine rings is 2. The van der Waals surface area contributed by atoms with Crippen molar-refractivity contribution < 1.29 is 27.4 Å². The van der Waals surface area contributed by atoms with Crippen LogP contribution in [-0.2, 0) is 19.7 Å². The molecule has 2 saturated heterocycles. The smallest absolute Gasteiger partial charge is 0.294 e. The Morgan fingerprint density at radius 2 is 1.89 bits per heavy atom. The highest BCUT2D eigenvalue weighted by Gasteiger charge is 2.30. The van der Waals surface area contributed by atoms with Crippen molar-refractivity contribution in [3.05, 3.63) is 53.3 Å². The van der Waals surface area contributed by atoms with E-state index in [0.29, 0.717) is 48.1 Å². The third kappa shape index (κ3) is 4.94. The number of nitrogens with one attached hydrogen (secondary N) is 3. The van der Waals surface area contributed by atoms with Crippen LogP contribution < -0.4 is 15.5 Å². The summed E-state index contributed by atoms with van der Waals surface area (Å²) < 4.78 is 33.5. The third-order valence-electron chi connectivity index (χ3n) is 7.07. The van der Waals surface area contributed by atoms with E-state index in [1.54, 1.807) is 12.1 Å². The molecule has 2 aliphatic rings. The number of hydrogen-bond donors (Lipinski definition) is 4. The number of H-pyrrole nitrogens is 1. The molecule has 2 aromatic carbocycles. The number of nitrogens with zero attached hydrogens (tertiary/aromatic N) is 2. The van der Waals surface area contributed by atoms with Crippen LogP contribution in [0.15, 0.2) is 41.6 Å². The van der Waals surface area contributed by atoms with Gasteiger partial charge in [-0.1, -0.05) is 17.7 Å².